The fourth-order valence-corrected chi connectivity index (χ4v) is 0.670. The van der Waals surface area contributed by atoms with Crippen molar-refractivity contribution >= 4 is 5.78 Å². The highest BCUT2D eigenvalue weighted by Gasteiger charge is 1.93. The highest BCUT2D eigenvalue weighted by Crippen LogP contribution is 1.97. The Bertz CT molecular complexity index is 166. The van der Waals surface area contributed by atoms with E-state index in [1.165, 1.54) is 0 Å². The van der Waals surface area contributed by atoms with E-state index < -0.39 is 0 Å². The van der Waals surface area contributed by atoms with Crippen molar-refractivity contribution in [3.8, 4) is 0 Å². The van der Waals surface area contributed by atoms with Gasteiger partial charge in [-0.05, 0) is 19.4 Å². The molecule has 0 radical (unpaired) electrons. The lowest BCUT2D eigenvalue weighted by Gasteiger charge is -1.91. The monoisotopic (exact) mass is 152 g/mol. The van der Waals surface area contributed by atoms with Crippen molar-refractivity contribution < 1.29 is 4.79 Å². The van der Waals surface area contributed by atoms with Crippen LogP contribution in [0.3, 0.4) is 0 Å². The molecule has 0 saturated carbocycles. The minimum Gasteiger partial charge on any atom is -0.295 e. The van der Waals surface area contributed by atoms with E-state index in [1.54, 1.807) is 12.2 Å². The Morgan fingerprint density at radius 2 is 2.09 bits per heavy atom. The molecular formula is C10H16O. The first-order valence-electron chi connectivity index (χ1n) is 4.03. The maximum absolute atomic E-state index is 11.0. The van der Waals surface area contributed by atoms with E-state index >= 15 is 0 Å². The summed E-state index contributed by atoms with van der Waals surface area (Å²) in [6.45, 7) is 7.63. The predicted molar refractivity (Wildman–Crippen MR) is 48.5 cm³/mol. The van der Waals surface area contributed by atoms with Gasteiger partial charge in [0.15, 0.2) is 5.78 Å². The summed E-state index contributed by atoms with van der Waals surface area (Å²) in [5.74, 6) is 0.204. The Morgan fingerprint density at radius 3 is 2.55 bits per heavy atom. The van der Waals surface area contributed by atoms with Crippen molar-refractivity contribution in [2.45, 2.75) is 33.1 Å². The first-order chi connectivity index (χ1) is 5.16. The summed E-state index contributed by atoms with van der Waals surface area (Å²) < 4.78 is 0. The van der Waals surface area contributed by atoms with Gasteiger partial charge in [0.1, 0.15) is 0 Å². The molecule has 0 bridgehead atoms. The molecule has 0 aromatic rings. The number of allylic oxidation sites excluding steroid dienone is 3. The molecule has 0 atom stereocenters. The fourth-order valence-electron chi connectivity index (χ4n) is 0.670. The summed E-state index contributed by atoms with van der Waals surface area (Å²) in [5, 5.41) is 0. The molecule has 0 N–H and O–H groups in total. The van der Waals surface area contributed by atoms with Crippen molar-refractivity contribution in [3.63, 3.8) is 0 Å². The lowest BCUT2D eigenvalue weighted by molar-refractivity contribution is -0.114. The van der Waals surface area contributed by atoms with Gasteiger partial charge in [0.2, 0.25) is 0 Å². The average molecular weight is 152 g/mol. The van der Waals surface area contributed by atoms with Gasteiger partial charge in [-0.15, -0.1) is 0 Å². The normalized spacial score (nSPS) is 10.4. The number of carbonyl (C=O) groups is 1. The van der Waals surface area contributed by atoms with Crippen molar-refractivity contribution in [3.05, 3.63) is 24.3 Å². The molecule has 0 aromatic heterocycles. The van der Waals surface area contributed by atoms with E-state index in [9.17, 15) is 4.79 Å². The zero-order valence-electron chi connectivity index (χ0n) is 7.39. The van der Waals surface area contributed by atoms with Gasteiger partial charge in [0, 0.05) is 6.42 Å². The molecule has 0 aliphatic rings. The molecule has 1 nitrogen and oxygen atoms in total. The van der Waals surface area contributed by atoms with Crippen LogP contribution in [0, 0.1) is 0 Å². The Hall–Kier alpha value is -0.850. The number of hydrogen-bond acceptors (Lipinski definition) is 1. The minimum atomic E-state index is 0.204. The molecule has 0 saturated heterocycles. The summed E-state index contributed by atoms with van der Waals surface area (Å²) >= 11 is 0. The second-order valence-corrected chi connectivity index (χ2v) is 2.75. The van der Waals surface area contributed by atoms with Crippen LogP contribution in [-0.2, 0) is 4.79 Å². The third-order valence-corrected chi connectivity index (χ3v) is 1.33. The Labute approximate surface area is 68.8 Å². The van der Waals surface area contributed by atoms with Crippen LogP contribution in [0.1, 0.15) is 33.1 Å². The van der Waals surface area contributed by atoms with Crippen molar-refractivity contribution in [1.82, 2.24) is 0 Å². The summed E-state index contributed by atoms with van der Waals surface area (Å²) in [6, 6.07) is 0. The molecule has 0 spiro atoms. The van der Waals surface area contributed by atoms with E-state index in [0.29, 0.717) is 6.42 Å². The number of rotatable bonds is 5. The third kappa shape index (κ3) is 7.04. The van der Waals surface area contributed by atoms with Crippen LogP contribution in [0.25, 0.3) is 0 Å². The van der Waals surface area contributed by atoms with Crippen LogP contribution in [0.15, 0.2) is 24.3 Å². The maximum Gasteiger partial charge on any atom is 0.155 e. The van der Waals surface area contributed by atoms with E-state index in [2.05, 4.69) is 13.5 Å². The Kier molecular flexibility index (Phi) is 5.44. The molecule has 0 unspecified atom stereocenters. The first kappa shape index (κ1) is 10.2. The van der Waals surface area contributed by atoms with E-state index in [1.807, 2.05) is 6.92 Å². The summed E-state index contributed by atoms with van der Waals surface area (Å²) in [5.41, 5.74) is 0.926. The number of unbranched alkanes of at least 4 members (excludes halogenated alkanes) is 1. The van der Waals surface area contributed by atoms with Crippen LogP contribution in [0.2, 0.25) is 0 Å². The standard InChI is InChI=1S/C10H16O/c1-4-5-6-10(11)8-7-9(2)3/h7-8H,2,4-6H2,1,3H3/b8-7+. The zero-order valence-corrected chi connectivity index (χ0v) is 7.39. The van der Waals surface area contributed by atoms with Crippen LogP contribution in [-0.4, -0.2) is 5.78 Å². The summed E-state index contributed by atoms with van der Waals surface area (Å²) in [6.07, 6.45) is 6.10. The van der Waals surface area contributed by atoms with Gasteiger partial charge < -0.3 is 0 Å². The van der Waals surface area contributed by atoms with E-state index in [4.69, 9.17) is 0 Å². The molecule has 11 heavy (non-hydrogen) atoms. The zero-order chi connectivity index (χ0) is 8.69. The topological polar surface area (TPSA) is 17.1 Å². The number of ketones is 1. The van der Waals surface area contributed by atoms with Gasteiger partial charge in [0.25, 0.3) is 0 Å². The fraction of sp³-hybridized carbons (Fsp3) is 0.500. The quantitative estimate of drug-likeness (QED) is 0.437. The molecule has 0 fully saturated rings. The Balaban J connectivity index is 3.60. The van der Waals surface area contributed by atoms with E-state index in [0.717, 1.165) is 18.4 Å². The first-order valence-corrected chi connectivity index (χ1v) is 4.03. The molecular weight excluding hydrogens is 136 g/mol. The number of carbonyl (C=O) groups excluding carboxylic acids is 1. The largest absolute Gasteiger partial charge is 0.295 e. The smallest absolute Gasteiger partial charge is 0.155 e. The maximum atomic E-state index is 11.0. The lowest BCUT2D eigenvalue weighted by Crippen LogP contribution is -1.90. The highest BCUT2D eigenvalue weighted by molar-refractivity contribution is 5.89. The van der Waals surface area contributed by atoms with Gasteiger partial charge in [-0.25, -0.2) is 0 Å². The molecule has 62 valence electrons. The molecule has 0 aromatic carbocycles. The molecule has 0 aliphatic heterocycles. The van der Waals surface area contributed by atoms with Gasteiger partial charge >= 0.3 is 0 Å². The molecule has 0 heterocycles. The van der Waals surface area contributed by atoms with Crippen molar-refractivity contribution in [2.75, 3.05) is 0 Å². The van der Waals surface area contributed by atoms with Crippen LogP contribution >= 0.6 is 0 Å². The molecule has 0 amide bonds. The SMILES string of the molecule is C=C(C)/C=C/C(=O)CCCC. The minimum absolute atomic E-state index is 0.204. The second kappa shape index (κ2) is 5.90. The van der Waals surface area contributed by atoms with Crippen molar-refractivity contribution in [2.24, 2.45) is 0 Å². The highest BCUT2D eigenvalue weighted by atomic mass is 16.1. The van der Waals surface area contributed by atoms with Gasteiger partial charge in [-0.2, -0.15) is 0 Å². The van der Waals surface area contributed by atoms with Crippen LogP contribution in [0.4, 0.5) is 0 Å². The molecule has 0 aliphatic carbocycles. The predicted octanol–water partition coefficient (Wildman–Crippen LogP) is 2.88. The average Bonchev–Trinajstić information content (AvgIpc) is 1.97. The second-order valence-electron chi connectivity index (χ2n) is 2.75. The summed E-state index contributed by atoms with van der Waals surface area (Å²) in [4.78, 5) is 11.0. The van der Waals surface area contributed by atoms with E-state index in [-0.39, 0.29) is 5.78 Å². The van der Waals surface area contributed by atoms with Gasteiger partial charge in [0.05, 0.1) is 0 Å². The number of hydrogen-bond donors (Lipinski definition) is 0. The molecule has 0 rings (SSSR count). The Morgan fingerprint density at radius 1 is 1.45 bits per heavy atom. The lowest BCUT2D eigenvalue weighted by atomic mass is 10.1. The van der Waals surface area contributed by atoms with Gasteiger partial charge in [-0.1, -0.05) is 31.6 Å². The summed E-state index contributed by atoms with van der Waals surface area (Å²) in [7, 11) is 0. The van der Waals surface area contributed by atoms with Crippen LogP contribution in [0.5, 0.6) is 0 Å². The third-order valence-electron chi connectivity index (χ3n) is 1.33. The molecule has 1 heteroatoms. The van der Waals surface area contributed by atoms with Gasteiger partial charge in [-0.3, -0.25) is 4.79 Å². The van der Waals surface area contributed by atoms with Crippen LogP contribution < -0.4 is 0 Å². The van der Waals surface area contributed by atoms with Crippen molar-refractivity contribution in [1.29, 1.82) is 0 Å².